The van der Waals surface area contributed by atoms with E-state index in [1.165, 1.54) is 23.1 Å². The highest BCUT2D eigenvalue weighted by Crippen LogP contribution is 2.27. The minimum absolute atomic E-state index is 0.0312. The zero-order valence-electron chi connectivity index (χ0n) is 19.8. The lowest BCUT2D eigenvalue weighted by Gasteiger charge is -2.13. The SMILES string of the molecule is Cc1cc(C)cc(NS(=O)(=O)c2cc(C(=O)Nc3ccc(CSc4ccccc4)cc3)ccc2Cl)c1. The minimum Gasteiger partial charge on any atom is -0.322 e. The van der Waals surface area contributed by atoms with E-state index in [4.69, 9.17) is 11.6 Å². The zero-order chi connectivity index (χ0) is 25.7. The summed E-state index contributed by atoms with van der Waals surface area (Å²) in [5, 5.41) is 2.85. The lowest BCUT2D eigenvalue weighted by molar-refractivity contribution is 0.102. The Bertz CT molecular complexity index is 1470. The van der Waals surface area contributed by atoms with Crippen molar-refractivity contribution in [1.82, 2.24) is 0 Å². The normalized spacial score (nSPS) is 11.2. The Morgan fingerprint density at radius 1 is 0.833 bits per heavy atom. The summed E-state index contributed by atoms with van der Waals surface area (Å²) in [6.45, 7) is 3.77. The van der Waals surface area contributed by atoms with Crippen molar-refractivity contribution < 1.29 is 13.2 Å². The van der Waals surface area contributed by atoms with Gasteiger partial charge in [0, 0.05) is 27.6 Å². The summed E-state index contributed by atoms with van der Waals surface area (Å²) in [5.41, 5.74) is 4.21. The number of sulfonamides is 1. The lowest BCUT2D eigenvalue weighted by Crippen LogP contribution is -2.16. The maximum Gasteiger partial charge on any atom is 0.263 e. The first kappa shape index (κ1) is 25.8. The Hall–Kier alpha value is -3.26. The van der Waals surface area contributed by atoms with Crippen LogP contribution >= 0.6 is 23.4 Å². The van der Waals surface area contributed by atoms with E-state index in [2.05, 4.69) is 22.2 Å². The van der Waals surface area contributed by atoms with Crippen LogP contribution in [-0.2, 0) is 15.8 Å². The summed E-state index contributed by atoms with van der Waals surface area (Å²) in [4.78, 5) is 13.9. The van der Waals surface area contributed by atoms with E-state index in [0.717, 1.165) is 22.4 Å². The van der Waals surface area contributed by atoms with Gasteiger partial charge in [0.15, 0.2) is 0 Å². The maximum atomic E-state index is 13.1. The number of halogens is 1. The lowest BCUT2D eigenvalue weighted by atomic mass is 10.1. The number of aryl methyl sites for hydroxylation is 2. The number of hydrogen-bond donors (Lipinski definition) is 2. The predicted octanol–water partition coefficient (Wildman–Crippen LogP) is 7.30. The molecule has 8 heteroatoms. The molecule has 5 nitrogen and oxygen atoms in total. The number of nitrogens with one attached hydrogen (secondary N) is 2. The fourth-order valence-electron chi connectivity index (χ4n) is 3.67. The van der Waals surface area contributed by atoms with Gasteiger partial charge >= 0.3 is 0 Å². The second-order valence-electron chi connectivity index (χ2n) is 8.38. The Morgan fingerprint density at radius 3 is 2.17 bits per heavy atom. The number of hydrogen-bond acceptors (Lipinski definition) is 4. The molecule has 0 atom stereocenters. The van der Waals surface area contributed by atoms with Crippen molar-refractivity contribution in [1.29, 1.82) is 0 Å². The molecule has 0 aliphatic heterocycles. The molecule has 0 bridgehead atoms. The molecule has 0 aliphatic rings. The van der Waals surface area contributed by atoms with Crippen LogP contribution in [0.4, 0.5) is 11.4 Å². The van der Waals surface area contributed by atoms with E-state index in [9.17, 15) is 13.2 Å². The van der Waals surface area contributed by atoms with Crippen LogP contribution in [-0.4, -0.2) is 14.3 Å². The highest BCUT2D eigenvalue weighted by Gasteiger charge is 2.21. The topological polar surface area (TPSA) is 75.3 Å². The highest BCUT2D eigenvalue weighted by atomic mass is 35.5. The molecule has 0 radical (unpaired) electrons. The van der Waals surface area contributed by atoms with Gasteiger partial charge in [0.05, 0.1) is 5.02 Å². The molecule has 0 spiro atoms. The second-order valence-corrected chi connectivity index (χ2v) is 11.5. The quantitative estimate of drug-likeness (QED) is 0.232. The van der Waals surface area contributed by atoms with Gasteiger partial charge in [-0.05, 0) is 85.1 Å². The van der Waals surface area contributed by atoms with Crippen LogP contribution < -0.4 is 10.0 Å². The summed E-state index contributed by atoms with van der Waals surface area (Å²) in [7, 11) is -4.01. The maximum absolute atomic E-state index is 13.1. The summed E-state index contributed by atoms with van der Waals surface area (Å²) >= 11 is 7.95. The van der Waals surface area contributed by atoms with Gasteiger partial charge < -0.3 is 5.32 Å². The number of anilines is 2. The molecule has 0 saturated carbocycles. The molecule has 36 heavy (non-hydrogen) atoms. The number of benzene rings is 4. The van der Waals surface area contributed by atoms with Crippen LogP contribution in [0.15, 0.2) is 101 Å². The van der Waals surface area contributed by atoms with Gasteiger partial charge in [-0.1, -0.05) is 48.0 Å². The third-order valence-corrected chi connectivity index (χ3v) is 8.26. The summed E-state index contributed by atoms with van der Waals surface area (Å²) < 4.78 is 28.7. The molecule has 0 aliphatic carbocycles. The van der Waals surface area contributed by atoms with E-state index in [1.54, 1.807) is 23.9 Å². The summed E-state index contributed by atoms with van der Waals surface area (Å²) in [6.07, 6.45) is 0. The average Bonchev–Trinajstić information content (AvgIpc) is 2.83. The van der Waals surface area contributed by atoms with Crippen LogP contribution in [0.2, 0.25) is 5.02 Å². The number of thioether (sulfide) groups is 1. The summed E-state index contributed by atoms with van der Waals surface area (Å²) in [5.74, 6) is 0.380. The van der Waals surface area contributed by atoms with Crippen molar-refractivity contribution in [2.75, 3.05) is 10.0 Å². The predicted molar refractivity (Wildman–Crippen MR) is 149 cm³/mol. The van der Waals surface area contributed by atoms with Crippen LogP contribution in [0, 0.1) is 13.8 Å². The third kappa shape index (κ3) is 6.69. The Labute approximate surface area is 221 Å². The first-order valence-electron chi connectivity index (χ1n) is 11.2. The number of carbonyl (C=O) groups excluding carboxylic acids is 1. The first-order valence-corrected chi connectivity index (χ1v) is 14.0. The molecule has 4 aromatic carbocycles. The fourth-order valence-corrected chi connectivity index (χ4v) is 6.11. The first-order chi connectivity index (χ1) is 17.2. The molecule has 1 amide bonds. The molecule has 0 saturated heterocycles. The number of amides is 1. The molecule has 0 unspecified atom stereocenters. The smallest absolute Gasteiger partial charge is 0.263 e. The second kappa shape index (κ2) is 11.2. The molecule has 0 fully saturated rings. The van der Waals surface area contributed by atoms with Crippen LogP contribution in [0.5, 0.6) is 0 Å². The van der Waals surface area contributed by atoms with Gasteiger partial charge in [-0.3, -0.25) is 9.52 Å². The fraction of sp³-hybridized carbons (Fsp3) is 0.107. The largest absolute Gasteiger partial charge is 0.322 e. The zero-order valence-corrected chi connectivity index (χ0v) is 22.2. The minimum atomic E-state index is -4.01. The Balaban J connectivity index is 1.45. The van der Waals surface area contributed by atoms with Gasteiger partial charge in [0.2, 0.25) is 0 Å². The van der Waals surface area contributed by atoms with E-state index in [0.29, 0.717) is 11.4 Å². The number of rotatable bonds is 8. The van der Waals surface area contributed by atoms with Crippen molar-refractivity contribution in [3.05, 3.63) is 118 Å². The van der Waals surface area contributed by atoms with E-state index < -0.39 is 15.9 Å². The van der Waals surface area contributed by atoms with E-state index in [1.807, 2.05) is 62.4 Å². The molecular weight excluding hydrogens is 512 g/mol. The van der Waals surface area contributed by atoms with Gasteiger partial charge in [0.1, 0.15) is 4.90 Å². The molecule has 4 rings (SSSR count). The van der Waals surface area contributed by atoms with E-state index >= 15 is 0 Å². The van der Waals surface area contributed by atoms with Gasteiger partial charge in [0.25, 0.3) is 15.9 Å². The van der Waals surface area contributed by atoms with Crippen molar-refractivity contribution in [3.63, 3.8) is 0 Å². The van der Waals surface area contributed by atoms with E-state index in [-0.39, 0.29) is 15.5 Å². The third-order valence-electron chi connectivity index (χ3n) is 5.32. The van der Waals surface area contributed by atoms with Crippen LogP contribution in [0.25, 0.3) is 0 Å². The Morgan fingerprint density at radius 2 is 1.50 bits per heavy atom. The monoisotopic (exact) mass is 536 g/mol. The van der Waals surface area contributed by atoms with Crippen LogP contribution in [0.1, 0.15) is 27.0 Å². The van der Waals surface area contributed by atoms with Crippen molar-refractivity contribution in [3.8, 4) is 0 Å². The Kier molecular flexibility index (Phi) is 8.04. The molecule has 2 N–H and O–H groups in total. The standard InChI is InChI=1S/C28H25ClN2O3S2/c1-19-14-20(2)16-24(15-19)31-36(33,34)27-17-22(10-13-26(27)29)28(32)30-23-11-8-21(9-12-23)18-35-25-6-4-3-5-7-25/h3-17,31H,18H2,1-2H3,(H,30,32). The number of carbonyl (C=O) groups is 1. The molecule has 4 aromatic rings. The van der Waals surface area contributed by atoms with Gasteiger partial charge in [-0.25, -0.2) is 8.42 Å². The molecule has 0 aromatic heterocycles. The molecule has 184 valence electrons. The van der Waals surface area contributed by atoms with Gasteiger partial charge in [-0.2, -0.15) is 0 Å². The molecular formula is C28H25ClN2O3S2. The molecule has 0 heterocycles. The van der Waals surface area contributed by atoms with Crippen molar-refractivity contribution >= 4 is 50.7 Å². The summed E-state index contributed by atoms with van der Waals surface area (Å²) in [6, 6.07) is 27.3. The average molecular weight is 537 g/mol. The van der Waals surface area contributed by atoms with Crippen LogP contribution in [0.3, 0.4) is 0 Å². The van der Waals surface area contributed by atoms with Crippen molar-refractivity contribution in [2.24, 2.45) is 0 Å². The van der Waals surface area contributed by atoms with Gasteiger partial charge in [-0.15, -0.1) is 11.8 Å². The van der Waals surface area contributed by atoms with Crippen molar-refractivity contribution in [2.45, 2.75) is 29.4 Å². The highest BCUT2D eigenvalue weighted by molar-refractivity contribution is 7.98.